The number of hydrogen-bond donors (Lipinski definition) is 0. The van der Waals surface area contributed by atoms with Gasteiger partial charge in [-0.15, -0.1) is 0 Å². The van der Waals surface area contributed by atoms with Crippen LogP contribution in [0.25, 0.3) is 5.82 Å². The second kappa shape index (κ2) is 7.21. The van der Waals surface area contributed by atoms with Crippen molar-refractivity contribution in [3.05, 3.63) is 69.3 Å². The van der Waals surface area contributed by atoms with Gasteiger partial charge in [0.05, 0.1) is 10.7 Å². The van der Waals surface area contributed by atoms with Gasteiger partial charge in [-0.3, -0.25) is 0 Å². The van der Waals surface area contributed by atoms with Crippen molar-refractivity contribution in [1.82, 2.24) is 19.7 Å². The van der Waals surface area contributed by atoms with Gasteiger partial charge in [0.2, 0.25) is 0 Å². The van der Waals surface area contributed by atoms with Gasteiger partial charge in [-0.1, -0.05) is 29.3 Å². The standard InChI is InChI=1S/C17H14Cl2N4O2/c1-10-7-11(2)23(22-10)15-6-4-13(18)16(21-15)17(24)25-9-12-3-5-14(19)20-8-12/h3-8H,9H2,1-2H3. The number of hydrogen-bond acceptors (Lipinski definition) is 5. The highest BCUT2D eigenvalue weighted by atomic mass is 35.5. The molecule has 0 aromatic carbocycles. The Kier molecular flexibility index (Phi) is 5.01. The first kappa shape index (κ1) is 17.4. The third-order valence-electron chi connectivity index (χ3n) is 3.41. The lowest BCUT2D eigenvalue weighted by Crippen LogP contribution is -2.11. The quantitative estimate of drug-likeness (QED) is 0.509. The van der Waals surface area contributed by atoms with Crippen LogP contribution in [0, 0.1) is 13.8 Å². The zero-order valence-electron chi connectivity index (χ0n) is 13.5. The van der Waals surface area contributed by atoms with Crippen LogP contribution >= 0.6 is 23.2 Å². The molecule has 0 aliphatic rings. The number of halogens is 2. The first-order chi connectivity index (χ1) is 11.9. The molecule has 0 aliphatic heterocycles. The van der Waals surface area contributed by atoms with E-state index in [2.05, 4.69) is 15.1 Å². The second-order valence-electron chi connectivity index (χ2n) is 5.40. The lowest BCUT2D eigenvalue weighted by atomic mass is 10.3. The van der Waals surface area contributed by atoms with Crippen LogP contribution < -0.4 is 0 Å². The Hall–Kier alpha value is -2.44. The molecule has 3 heterocycles. The van der Waals surface area contributed by atoms with E-state index in [1.165, 1.54) is 6.20 Å². The number of carbonyl (C=O) groups excluding carboxylic acids is 1. The van der Waals surface area contributed by atoms with Gasteiger partial charge in [0.1, 0.15) is 11.8 Å². The fraction of sp³-hybridized carbons (Fsp3) is 0.176. The molecule has 0 radical (unpaired) electrons. The Morgan fingerprint density at radius 3 is 2.64 bits per heavy atom. The van der Waals surface area contributed by atoms with Gasteiger partial charge < -0.3 is 4.74 Å². The molecule has 0 bridgehead atoms. The molecule has 0 aliphatic carbocycles. The summed E-state index contributed by atoms with van der Waals surface area (Å²) >= 11 is 11.8. The van der Waals surface area contributed by atoms with Crippen LogP contribution in [0.4, 0.5) is 0 Å². The van der Waals surface area contributed by atoms with E-state index in [1.54, 1.807) is 28.9 Å². The van der Waals surface area contributed by atoms with Gasteiger partial charge in [0.25, 0.3) is 0 Å². The average Bonchev–Trinajstić information content (AvgIpc) is 2.93. The van der Waals surface area contributed by atoms with Crippen LogP contribution in [0.3, 0.4) is 0 Å². The van der Waals surface area contributed by atoms with Crippen molar-refractivity contribution in [2.24, 2.45) is 0 Å². The van der Waals surface area contributed by atoms with E-state index in [0.29, 0.717) is 16.5 Å². The summed E-state index contributed by atoms with van der Waals surface area (Å²) in [5, 5.41) is 4.94. The number of aromatic nitrogens is 4. The molecule has 25 heavy (non-hydrogen) atoms. The summed E-state index contributed by atoms with van der Waals surface area (Å²) in [6.45, 7) is 3.84. The van der Waals surface area contributed by atoms with Crippen LogP contribution in [-0.2, 0) is 11.3 Å². The van der Waals surface area contributed by atoms with E-state index in [-0.39, 0.29) is 17.3 Å². The highest BCUT2D eigenvalue weighted by Gasteiger charge is 2.17. The fourth-order valence-corrected chi connectivity index (χ4v) is 2.56. The molecule has 0 saturated carbocycles. The Labute approximate surface area is 154 Å². The number of aryl methyl sites for hydroxylation is 2. The third-order valence-corrected chi connectivity index (χ3v) is 3.94. The van der Waals surface area contributed by atoms with Gasteiger partial charge in [-0.05, 0) is 38.1 Å². The summed E-state index contributed by atoms with van der Waals surface area (Å²) in [5.74, 6) is -0.126. The lowest BCUT2D eigenvalue weighted by molar-refractivity contribution is 0.0465. The maximum absolute atomic E-state index is 12.3. The number of ether oxygens (including phenoxy) is 1. The minimum absolute atomic E-state index is 0.0358. The maximum atomic E-state index is 12.3. The normalized spacial score (nSPS) is 10.7. The molecule has 3 aromatic rings. The molecule has 0 amide bonds. The van der Waals surface area contributed by atoms with E-state index in [0.717, 1.165) is 11.4 Å². The Bertz CT molecular complexity index is 923. The van der Waals surface area contributed by atoms with Crippen molar-refractivity contribution < 1.29 is 9.53 Å². The van der Waals surface area contributed by atoms with Crippen LogP contribution in [0.2, 0.25) is 10.2 Å². The molecule has 3 aromatic heterocycles. The van der Waals surface area contributed by atoms with E-state index < -0.39 is 5.97 Å². The zero-order valence-corrected chi connectivity index (χ0v) is 15.0. The Morgan fingerprint density at radius 1 is 1.20 bits per heavy atom. The summed E-state index contributed by atoms with van der Waals surface area (Å²) in [5.41, 5.74) is 2.50. The minimum Gasteiger partial charge on any atom is -0.456 e. The SMILES string of the molecule is Cc1cc(C)n(-c2ccc(Cl)c(C(=O)OCc3ccc(Cl)nc3)n2)n1. The Morgan fingerprint density at radius 2 is 2.00 bits per heavy atom. The maximum Gasteiger partial charge on any atom is 0.358 e. The highest BCUT2D eigenvalue weighted by molar-refractivity contribution is 6.33. The molecular formula is C17H14Cl2N4O2. The monoisotopic (exact) mass is 376 g/mol. The van der Waals surface area contributed by atoms with Crippen molar-refractivity contribution in [3.63, 3.8) is 0 Å². The topological polar surface area (TPSA) is 69.9 Å². The third kappa shape index (κ3) is 3.97. The summed E-state index contributed by atoms with van der Waals surface area (Å²) in [4.78, 5) is 20.6. The van der Waals surface area contributed by atoms with E-state index in [4.69, 9.17) is 27.9 Å². The van der Waals surface area contributed by atoms with E-state index >= 15 is 0 Å². The second-order valence-corrected chi connectivity index (χ2v) is 6.20. The zero-order chi connectivity index (χ0) is 18.0. The first-order valence-corrected chi connectivity index (χ1v) is 8.17. The lowest BCUT2D eigenvalue weighted by Gasteiger charge is -2.08. The first-order valence-electron chi connectivity index (χ1n) is 7.42. The molecule has 6 nitrogen and oxygen atoms in total. The molecule has 0 fully saturated rings. The van der Waals surface area contributed by atoms with Crippen LogP contribution in [-0.4, -0.2) is 25.7 Å². The predicted molar refractivity (Wildman–Crippen MR) is 94.2 cm³/mol. The van der Waals surface area contributed by atoms with Gasteiger partial charge in [0, 0.05) is 17.5 Å². The number of carbonyl (C=O) groups is 1. The summed E-state index contributed by atoms with van der Waals surface area (Å²) in [6, 6.07) is 8.56. The Balaban J connectivity index is 1.81. The van der Waals surface area contributed by atoms with Gasteiger partial charge >= 0.3 is 5.97 Å². The number of pyridine rings is 2. The molecule has 3 rings (SSSR count). The summed E-state index contributed by atoms with van der Waals surface area (Å²) in [7, 11) is 0. The van der Waals surface area contributed by atoms with E-state index in [1.807, 2.05) is 19.9 Å². The van der Waals surface area contributed by atoms with Crippen molar-refractivity contribution in [2.75, 3.05) is 0 Å². The van der Waals surface area contributed by atoms with Gasteiger partial charge in [-0.2, -0.15) is 5.10 Å². The summed E-state index contributed by atoms with van der Waals surface area (Å²) in [6.07, 6.45) is 1.54. The van der Waals surface area contributed by atoms with Crippen molar-refractivity contribution in [1.29, 1.82) is 0 Å². The number of rotatable bonds is 4. The molecule has 0 saturated heterocycles. The number of esters is 1. The molecule has 8 heteroatoms. The van der Waals surface area contributed by atoms with Crippen molar-refractivity contribution >= 4 is 29.2 Å². The highest BCUT2D eigenvalue weighted by Crippen LogP contribution is 2.19. The van der Waals surface area contributed by atoms with Crippen LogP contribution in [0.5, 0.6) is 0 Å². The summed E-state index contributed by atoms with van der Waals surface area (Å²) < 4.78 is 6.91. The number of nitrogens with zero attached hydrogens (tertiary/aromatic N) is 4. The smallest absolute Gasteiger partial charge is 0.358 e. The largest absolute Gasteiger partial charge is 0.456 e. The minimum atomic E-state index is -0.622. The molecule has 0 N–H and O–H groups in total. The predicted octanol–water partition coefficient (Wildman–Crippen LogP) is 3.94. The molecule has 0 unspecified atom stereocenters. The molecule has 0 spiro atoms. The molecule has 128 valence electrons. The van der Waals surface area contributed by atoms with E-state index in [9.17, 15) is 4.79 Å². The van der Waals surface area contributed by atoms with Crippen molar-refractivity contribution in [3.8, 4) is 5.82 Å². The fourth-order valence-electron chi connectivity index (χ4n) is 2.26. The van der Waals surface area contributed by atoms with Crippen LogP contribution in [0.15, 0.2) is 36.5 Å². The van der Waals surface area contributed by atoms with Gasteiger partial charge in [-0.25, -0.2) is 19.4 Å². The average molecular weight is 377 g/mol. The molecule has 0 atom stereocenters. The van der Waals surface area contributed by atoms with Crippen LogP contribution in [0.1, 0.15) is 27.4 Å². The molecular weight excluding hydrogens is 363 g/mol. The van der Waals surface area contributed by atoms with Gasteiger partial charge in [0.15, 0.2) is 11.5 Å². The van der Waals surface area contributed by atoms with Crippen molar-refractivity contribution in [2.45, 2.75) is 20.5 Å².